The van der Waals surface area contributed by atoms with Gasteiger partial charge in [-0.25, -0.2) is 14.5 Å². The van der Waals surface area contributed by atoms with Crippen LogP contribution in [0.2, 0.25) is 0 Å². The molecule has 0 aromatic carbocycles. The lowest BCUT2D eigenvalue weighted by molar-refractivity contribution is -0.0504. The summed E-state index contributed by atoms with van der Waals surface area (Å²) in [6.07, 6.45) is -4.31. The molecule has 3 rings (SSSR count). The van der Waals surface area contributed by atoms with Gasteiger partial charge in [-0.05, 0) is 0 Å². The maximum Gasteiger partial charge on any atom is 0.469 e. The van der Waals surface area contributed by atoms with E-state index in [4.69, 9.17) is 19.6 Å². The Morgan fingerprint density at radius 1 is 1.36 bits per heavy atom. The molecule has 3 heterocycles. The second-order valence-corrected chi connectivity index (χ2v) is 6.57. The van der Waals surface area contributed by atoms with Crippen molar-refractivity contribution in [2.75, 3.05) is 6.61 Å². The minimum absolute atomic E-state index is 0.000562. The third-order valence-corrected chi connectivity index (χ3v) is 4.13. The highest BCUT2D eigenvalue weighted by Gasteiger charge is 2.45. The highest BCUT2D eigenvalue weighted by molar-refractivity contribution is 7.46. The predicted molar refractivity (Wildman–Crippen MR) is 78.0 cm³/mol. The molecule has 2 aromatic rings. The number of aliphatic hydroxyl groups excluding tert-OH is 3. The number of aromatic nitrogens is 4. The Morgan fingerprint density at radius 3 is 2.72 bits per heavy atom. The molecule has 0 bridgehead atoms. The number of phosphoric acid groups is 1. The SMILES string of the molecule is O=c1[nH]c(CO)nc2c1ncn2C1O[C@@H](COP(=O)(O)O)[C@H](O)[C@@H]1O. The number of hydrogen-bond donors (Lipinski definition) is 6. The van der Waals surface area contributed by atoms with Crippen LogP contribution in [-0.2, 0) is 20.4 Å². The number of fused-ring (bicyclic) bond motifs is 1. The third kappa shape index (κ3) is 3.49. The molecule has 14 heteroatoms. The first-order valence-corrected chi connectivity index (χ1v) is 8.52. The van der Waals surface area contributed by atoms with Crippen LogP contribution in [0.3, 0.4) is 0 Å². The Labute approximate surface area is 138 Å². The normalized spacial score (nSPS) is 27.2. The Bertz CT molecular complexity index is 876. The highest BCUT2D eigenvalue weighted by atomic mass is 31.2. The fourth-order valence-electron chi connectivity index (χ4n) is 2.50. The minimum Gasteiger partial charge on any atom is -0.388 e. The van der Waals surface area contributed by atoms with Crippen LogP contribution < -0.4 is 5.56 Å². The molecule has 1 aliphatic heterocycles. The van der Waals surface area contributed by atoms with Crippen molar-refractivity contribution < 1.29 is 38.9 Å². The number of aliphatic hydroxyl groups is 3. The van der Waals surface area contributed by atoms with Gasteiger partial charge in [0.05, 0.1) is 12.9 Å². The molecule has 4 atom stereocenters. The lowest BCUT2D eigenvalue weighted by atomic mass is 10.1. The van der Waals surface area contributed by atoms with Gasteiger partial charge in [0.15, 0.2) is 17.4 Å². The largest absolute Gasteiger partial charge is 0.469 e. The summed E-state index contributed by atoms with van der Waals surface area (Å²) in [4.78, 5) is 39.5. The van der Waals surface area contributed by atoms with Crippen molar-refractivity contribution >= 4 is 19.0 Å². The van der Waals surface area contributed by atoms with E-state index in [0.717, 1.165) is 6.33 Å². The quantitative estimate of drug-likeness (QED) is 0.297. The van der Waals surface area contributed by atoms with Crippen LogP contribution in [0.25, 0.3) is 11.2 Å². The van der Waals surface area contributed by atoms with E-state index in [2.05, 4.69) is 19.5 Å². The van der Waals surface area contributed by atoms with Gasteiger partial charge in [0.2, 0.25) is 0 Å². The molecule has 138 valence electrons. The molecule has 13 nitrogen and oxygen atoms in total. The zero-order valence-corrected chi connectivity index (χ0v) is 13.4. The Balaban J connectivity index is 1.91. The van der Waals surface area contributed by atoms with Gasteiger partial charge in [-0.3, -0.25) is 13.9 Å². The summed E-state index contributed by atoms with van der Waals surface area (Å²) in [6.45, 7) is -1.20. The topological polar surface area (TPSA) is 200 Å². The van der Waals surface area contributed by atoms with E-state index in [9.17, 15) is 19.6 Å². The standard InChI is InChI=1S/C11H15N4O9P/c16-1-5-13-9-6(10(19)14-5)12-3-15(9)11-8(18)7(17)4(24-11)2-23-25(20,21)22/h3-4,7-8,11,16-18H,1-2H2,(H,13,14,19)(H2,20,21,22)/t4-,7-,8-,11?/m0/s1. The van der Waals surface area contributed by atoms with Crippen molar-refractivity contribution in [2.45, 2.75) is 31.1 Å². The van der Waals surface area contributed by atoms with Crippen molar-refractivity contribution in [1.82, 2.24) is 19.5 Å². The summed E-state index contributed by atoms with van der Waals surface area (Å²) in [7, 11) is -4.78. The van der Waals surface area contributed by atoms with Crippen LogP contribution in [0.5, 0.6) is 0 Å². The molecule has 1 fully saturated rings. The molecule has 0 aliphatic carbocycles. The Morgan fingerprint density at radius 2 is 2.08 bits per heavy atom. The smallest absolute Gasteiger partial charge is 0.388 e. The van der Waals surface area contributed by atoms with E-state index in [-0.39, 0.29) is 17.0 Å². The number of nitrogens with zero attached hydrogens (tertiary/aromatic N) is 3. The lowest BCUT2D eigenvalue weighted by Gasteiger charge is -2.16. The molecular formula is C11H15N4O9P. The van der Waals surface area contributed by atoms with Crippen LogP contribution in [0.1, 0.15) is 12.1 Å². The van der Waals surface area contributed by atoms with Crippen molar-refractivity contribution in [1.29, 1.82) is 0 Å². The first kappa shape index (κ1) is 18.1. The second kappa shape index (κ2) is 6.55. The molecule has 6 N–H and O–H groups in total. The maximum atomic E-state index is 11.9. The third-order valence-electron chi connectivity index (χ3n) is 3.65. The number of aromatic amines is 1. The minimum atomic E-state index is -4.78. The van der Waals surface area contributed by atoms with Gasteiger partial charge < -0.3 is 34.8 Å². The van der Waals surface area contributed by atoms with E-state index < -0.39 is 51.1 Å². The average molecular weight is 378 g/mol. The number of imidazole rings is 1. The van der Waals surface area contributed by atoms with Crippen molar-refractivity contribution in [3.63, 3.8) is 0 Å². The number of nitrogens with one attached hydrogen (secondary N) is 1. The van der Waals surface area contributed by atoms with Crippen LogP contribution >= 0.6 is 7.82 Å². The summed E-state index contributed by atoms with van der Waals surface area (Å²) in [5.41, 5.74) is -0.680. The van der Waals surface area contributed by atoms with Gasteiger partial charge in [-0.1, -0.05) is 0 Å². The number of phosphoric ester groups is 1. The van der Waals surface area contributed by atoms with E-state index in [0.29, 0.717) is 0 Å². The zero-order valence-electron chi connectivity index (χ0n) is 12.5. The zero-order chi connectivity index (χ0) is 18.4. The molecular weight excluding hydrogens is 363 g/mol. The maximum absolute atomic E-state index is 11.9. The van der Waals surface area contributed by atoms with E-state index >= 15 is 0 Å². The number of rotatable bonds is 5. The molecule has 1 saturated heterocycles. The fraction of sp³-hybridized carbons (Fsp3) is 0.545. The lowest BCUT2D eigenvalue weighted by Crippen LogP contribution is -2.33. The molecule has 0 saturated carbocycles. The van der Waals surface area contributed by atoms with Crippen molar-refractivity contribution in [3.8, 4) is 0 Å². The predicted octanol–water partition coefficient (Wildman–Crippen LogP) is -2.66. The van der Waals surface area contributed by atoms with E-state index in [1.54, 1.807) is 0 Å². The molecule has 0 radical (unpaired) electrons. The Kier molecular flexibility index (Phi) is 4.74. The first-order valence-electron chi connectivity index (χ1n) is 6.99. The molecule has 25 heavy (non-hydrogen) atoms. The Hall–Kier alpha value is -1.70. The summed E-state index contributed by atoms with van der Waals surface area (Å²) in [6, 6.07) is 0. The van der Waals surface area contributed by atoms with Crippen molar-refractivity contribution in [2.24, 2.45) is 0 Å². The molecule has 1 unspecified atom stereocenters. The van der Waals surface area contributed by atoms with Gasteiger partial charge >= 0.3 is 7.82 Å². The fourth-order valence-corrected chi connectivity index (χ4v) is 2.84. The van der Waals surface area contributed by atoms with E-state index in [1.807, 2.05) is 0 Å². The van der Waals surface area contributed by atoms with Gasteiger partial charge in [-0.2, -0.15) is 0 Å². The van der Waals surface area contributed by atoms with Crippen LogP contribution in [0.15, 0.2) is 11.1 Å². The summed E-state index contributed by atoms with van der Waals surface area (Å²) in [5.74, 6) is -0.0336. The molecule has 0 spiro atoms. The monoisotopic (exact) mass is 378 g/mol. The van der Waals surface area contributed by atoms with Crippen LogP contribution in [-0.4, -0.2) is 69.5 Å². The number of H-pyrrole nitrogens is 1. The van der Waals surface area contributed by atoms with Gasteiger partial charge in [0.1, 0.15) is 30.7 Å². The molecule has 2 aromatic heterocycles. The van der Waals surface area contributed by atoms with Gasteiger partial charge in [0, 0.05) is 0 Å². The number of ether oxygens (including phenoxy) is 1. The van der Waals surface area contributed by atoms with Gasteiger partial charge in [-0.15, -0.1) is 0 Å². The number of hydrogen-bond acceptors (Lipinski definition) is 9. The summed E-state index contributed by atoms with van der Waals surface area (Å²) < 4.78 is 21.6. The summed E-state index contributed by atoms with van der Waals surface area (Å²) in [5, 5.41) is 29.3. The van der Waals surface area contributed by atoms with Crippen molar-refractivity contribution in [3.05, 3.63) is 22.5 Å². The summed E-state index contributed by atoms with van der Waals surface area (Å²) >= 11 is 0. The van der Waals surface area contributed by atoms with Crippen LogP contribution in [0.4, 0.5) is 0 Å². The van der Waals surface area contributed by atoms with Crippen LogP contribution in [0, 0.1) is 0 Å². The van der Waals surface area contributed by atoms with Gasteiger partial charge in [0.25, 0.3) is 5.56 Å². The highest BCUT2D eigenvalue weighted by Crippen LogP contribution is 2.38. The molecule has 1 aliphatic rings. The van der Waals surface area contributed by atoms with E-state index in [1.165, 1.54) is 4.57 Å². The first-order chi connectivity index (χ1) is 11.7. The average Bonchev–Trinajstić information content (AvgIpc) is 3.08. The second-order valence-electron chi connectivity index (χ2n) is 5.33. The molecule has 0 amide bonds.